The van der Waals surface area contributed by atoms with E-state index in [2.05, 4.69) is 5.32 Å². The largest absolute Gasteiger partial charge is 0.492 e. The smallest absolute Gasteiger partial charge is 0.263 e. The molecule has 2 aromatic rings. The topological polar surface area (TPSA) is 84.9 Å². The molecule has 3 rings (SSSR count). The van der Waals surface area contributed by atoms with E-state index in [-0.39, 0.29) is 19.7 Å². The van der Waals surface area contributed by atoms with Crippen molar-refractivity contribution < 1.29 is 22.7 Å². The molecule has 0 fully saturated rings. The van der Waals surface area contributed by atoms with Gasteiger partial charge in [-0.1, -0.05) is 17.7 Å². The molecule has 1 aliphatic rings. The minimum Gasteiger partial charge on any atom is -0.492 e. The summed E-state index contributed by atoms with van der Waals surface area (Å²) in [6.45, 7) is 2.28. The van der Waals surface area contributed by atoms with Gasteiger partial charge in [-0.05, 0) is 48.9 Å². The van der Waals surface area contributed by atoms with Crippen molar-refractivity contribution in [2.24, 2.45) is 0 Å². The number of halogens is 1. The van der Waals surface area contributed by atoms with Gasteiger partial charge in [0.15, 0.2) is 6.10 Å². The SMILES string of the molecule is Cc1ccc2c(c1)N(S(C)(=O)=O)C[C@H](C(=O)NCCOc1ccc(Cl)cc1)O2. The van der Waals surface area contributed by atoms with E-state index in [1.54, 1.807) is 42.5 Å². The molecule has 0 aliphatic carbocycles. The zero-order valence-electron chi connectivity index (χ0n) is 15.5. The predicted molar refractivity (Wildman–Crippen MR) is 108 cm³/mol. The van der Waals surface area contributed by atoms with Crippen LogP contribution < -0.4 is 19.1 Å². The Morgan fingerprint density at radius 2 is 2.00 bits per heavy atom. The highest BCUT2D eigenvalue weighted by Gasteiger charge is 2.34. The van der Waals surface area contributed by atoms with Crippen LogP contribution in [0.5, 0.6) is 11.5 Å². The lowest BCUT2D eigenvalue weighted by Crippen LogP contribution is -2.51. The van der Waals surface area contributed by atoms with Gasteiger partial charge in [-0.25, -0.2) is 8.42 Å². The lowest BCUT2D eigenvalue weighted by molar-refractivity contribution is -0.127. The third kappa shape index (κ3) is 4.88. The van der Waals surface area contributed by atoms with Gasteiger partial charge in [0.1, 0.15) is 18.1 Å². The molecule has 0 saturated carbocycles. The summed E-state index contributed by atoms with van der Waals surface area (Å²) in [5, 5.41) is 3.32. The van der Waals surface area contributed by atoms with Crippen LogP contribution in [0, 0.1) is 6.92 Å². The molecule has 0 saturated heterocycles. The Morgan fingerprint density at radius 3 is 2.68 bits per heavy atom. The van der Waals surface area contributed by atoms with Crippen LogP contribution in [0.1, 0.15) is 5.56 Å². The zero-order chi connectivity index (χ0) is 20.3. The molecule has 1 amide bonds. The van der Waals surface area contributed by atoms with Gasteiger partial charge in [-0.15, -0.1) is 0 Å². The van der Waals surface area contributed by atoms with E-state index in [9.17, 15) is 13.2 Å². The van der Waals surface area contributed by atoms with Crippen LogP contribution >= 0.6 is 11.6 Å². The minimum atomic E-state index is -3.55. The maximum atomic E-state index is 12.5. The molecule has 9 heteroatoms. The summed E-state index contributed by atoms with van der Waals surface area (Å²) >= 11 is 5.82. The van der Waals surface area contributed by atoms with Gasteiger partial charge < -0.3 is 14.8 Å². The second-order valence-corrected chi connectivity index (χ2v) is 8.81. The van der Waals surface area contributed by atoms with Crippen LogP contribution in [0.15, 0.2) is 42.5 Å². The van der Waals surface area contributed by atoms with Crippen molar-refractivity contribution in [3.8, 4) is 11.5 Å². The van der Waals surface area contributed by atoms with E-state index < -0.39 is 22.0 Å². The molecule has 1 N–H and O–H groups in total. The number of fused-ring (bicyclic) bond motifs is 1. The molecule has 2 aromatic carbocycles. The number of hydrogen-bond donors (Lipinski definition) is 1. The molecule has 1 heterocycles. The van der Waals surface area contributed by atoms with E-state index in [1.165, 1.54) is 4.31 Å². The summed E-state index contributed by atoms with van der Waals surface area (Å²) in [6, 6.07) is 12.1. The monoisotopic (exact) mass is 424 g/mol. The Bertz CT molecular complexity index is 963. The van der Waals surface area contributed by atoms with Crippen molar-refractivity contribution in [2.75, 3.05) is 30.3 Å². The normalized spacial score (nSPS) is 16.1. The summed E-state index contributed by atoms with van der Waals surface area (Å²) in [5.41, 5.74) is 1.34. The van der Waals surface area contributed by atoms with Crippen LogP contribution in [0.2, 0.25) is 5.02 Å². The summed E-state index contributed by atoms with van der Waals surface area (Å²) in [7, 11) is -3.55. The minimum absolute atomic E-state index is 0.0842. The van der Waals surface area contributed by atoms with Gasteiger partial charge in [0, 0.05) is 5.02 Å². The van der Waals surface area contributed by atoms with Crippen molar-refractivity contribution in [1.82, 2.24) is 5.32 Å². The third-order valence-corrected chi connectivity index (χ3v) is 5.56. The van der Waals surface area contributed by atoms with E-state index in [0.717, 1.165) is 11.8 Å². The first-order valence-electron chi connectivity index (χ1n) is 8.65. The van der Waals surface area contributed by atoms with Gasteiger partial charge in [0.25, 0.3) is 5.91 Å². The maximum Gasteiger partial charge on any atom is 0.263 e. The van der Waals surface area contributed by atoms with Gasteiger partial charge >= 0.3 is 0 Å². The Labute approximate surface area is 169 Å². The van der Waals surface area contributed by atoms with Crippen LogP contribution in [-0.4, -0.2) is 46.4 Å². The molecular weight excluding hydrogens is 404 g/mol. The van der Waals surface area contributed by atoms with Crippen LogP contribution in [0.4, 0.5) is 5.69 Å². The Morgan fingerprint density at radius 1 is 1.29 bits per heavy atom. The third-order valence-electron chi connectivity index (χ3n) is 4.16. The van der Waals surface area contributed by atoms with Gasteiger partial charge in [-0.2, -0.15) is 0 Å². The maximum absolute atomic E-state index is 12.5. The molecule has 0 aromatic heterocycles. The van der Waals surface area contributed by atoms with Crippen molar-refractivity contribution >= 4 is 33.2 Å². The number of benzene rings is 2. The average molecular weight is 425 g/mol. The lowest BCUT2D eigenvalue weighted by atomic mass is 10.1. The highest BCUT2D eigenvalue weighted by Crippen LogP contribution is 2.35. The summed E-state index contributed by atoms with van der Waals surface area (Å²) in [6.07, 6.45) is 0.166. The Kier molecular flexibility index (Phi) is 6.00. The Balaban J connectivity index is 1.61. The van der Waals surface area contributed by atoms with Gasteiger partial charge in [0.05, 0.1) is 25.0 Å². The molecule has 28 heavy (non-hydrogen) atoms. The summed E-state index contributed by atoms with van der Waals surface area (Å²) in [5.74, 6) is 0.597. The molecule has 1 atom stereocenters. The predicted octanol–water partition coefficient (Wildman–Crippen LogP) is 2.37. The number of anilines is 1. The van der Waals surface area contributed by atoms with Crippen LogP contribution in [0.3, 0.4) is 0 Å². The highest BCUT2D eigenvalue weighted by molar-refractivity contribution is 7.92. The fourth-order valence-corrected chi connectivity index (χ4v) is 3.83. The van der Waals surface area contributed by atoms with Crippen molar-refractivity contribution in [3.63, 3.8) is 0 Å². The first-order chi connectivity index (χ1) is 13.2. The van der Waals surface area contributed by atoms with E-state index in [0.29, 0.717) is 22.2 Å². The molecule has 7 nitrogen and oxygen atoms in total. The number of ether oxygens (including phenoxy) is 2. The standard InChI is InChI=1S/C19H21ClN2O5S/c1-13-3-8-17-16(11-13)22(28(2,24)25)12-18(27-17)19(23)21-9-10-26-15-6-4-14(20)5-7-15/h3-8,11,18H,9-10,12H2,1-2H3,(H,21,23)/t18-/m1/s1. The molecule has 0 radical (unpaired) electrons. The number of aryl methyl sites for hydroxylation is 1. The zero-order valence-corrected chi connectivity index (χ0v) is 17.1. The first-order valence-corrected chi connectivity index (χ1v) is 10.9. The van der Waals surface area contributed by atoms with Gasteiger partial charge in [-0.3, -0.25) is 9.10 Å². The molecule has 0 bridgehead atoms. The van der Waals surface area contributed by atoms with Crippen molar-refractivity contribution in [2.45, 2.75) is 13.0 Å². The highest BCUT2D eigenvalue weighted by atomic mass is 35.5. The van der Waals surface area contributed by atoms with Crippen molar-refractivity contribution in [1.29, 1.82) is 0 Å². The second kappa shape index (κ2) is 8.28. The number of sulfonamides is 1. The van der Waals surface area contributed by atoms with Crippen molar-refractivity contribution in [3.05, 3.63) is 53.1 Å². The molecule has 150 valence electrons. The molecule has 0 unspecified atom stereocenters. The number of nitrogens with one attached hydrogen (secondary N) is 1. The molecule has 1 aliphatic heterocycles. The number of carbonyl (C=O) groups excluding carboxylic acids is 1. The lowest BCUT2D eigenvalue weighted by Gasteiger charge is -2.34. The number of nitrogens with zero attached hydrogens (tertiary/aromatic N) is 1. The van der Waals surface area contributed by atoms with E-state index >= 15 is 0 Å². The van der Waals surface area contributed by atoms with Crippen LogP contribution in [0.25, 0.3) is 0 Å². The van der Waals surface area contributed by atoms with E-state index in [1.807, 2.05) is 6.92 Å². The number of amides is 1. The fourth-order valence-electron chi connectivity index (χ4n) is 2.80. The average Bonchev–Trinajstić information content (AvgIpc) is 2.64. The first kappa shape index (κ1) is 20.3. The number of hydrogen-bond acceptors (Lipinski definition) is 5. The summed E-state index contributed by atoms with van der Waals surface area (Å²) in [4.78, 5) is 12.5. The second-order valence-electron chi connectivity index (χ2n) is 6.47. The molecule has 0 spiro atoms. The van der Waals surface area contributed by atoms with Gasteiger partial charge in [0.2, 0.25) is 10.0 Å². The van der Waals surface area contributed by atoms with Crippen LogP contribution in [-0.2, 0) is 14.8 Å². The Hall–Kier alpha value is -2.45. The number of carbonyl (C=O) groups is 1. The molecular formula is C19H21ClN2O5S. The fraction of sp³-hybridized carbons (Fsp3) is 0.316. The quantitative estimate of drug-likeness (QED) is 0.719. The number of rotatable bonds is 6. The van der Waals surface area contributed by atoms with E-state index in [4.69, 9.17) is 21.1 Å². The summed E-state index contributed by atoms with van der Waals surface area (Å²) < 4.78 is 36.8.